The smallest absolute Gasteiger partial charge is 0.243 e. The molecule has 24 heavy (non-hydrogen) atoms. The van der Waals surface area contributed by atoms with Crippen LogP contribution in [0.4, 0.5) is 5.69 Å². The SMILES string of the molecule is CC(C)CCCNC(=O)/C=C/c1ccc(N2CCCS2(=O)=O)cc1. The number of rotatable bonds is 7. The number of anilines is 1. The van der Waals surface area contributed by atoms with Gasteiger partial charge in [-0.2, -0.15) is 0 Å². The van der Waals surface area contributed by atoms with E-state index in [9.17, 15) is 13.2 Å². The van der Waals surface area contributed by atoms with Gasteiger partial charge in [0.1, 0.15) is 0 Å². The number of hydrogen-bond acceptors (Lipinski definition) is 3. The van der Waals surface area contributed by atoms with Gasteiger partial charge in [-0.05, 0) is 49.0 Å². The normalized spacial score (nSPS) is 16.9. The fourth-order valence-corrected chi connectivity index (χ4v) is 4.20. The van der Waals surface area contributed by atoms with E-state index in [-0.39, 0.29) is 11.7 Å². The van der Waals surface area contributed by atoms with Crippen molar-refractivity contribution in [2.24, 2.45) is 5.92 Å². The van der Waals surface area contributed by atoms with Crippen molar-refractivity contribution in [3.63, 3.8) is 0 Å². The Bertz CT molecular complexity index is 679. The Balaban J connectivity index is 1.86. The Labute approximate surface area is 144 Å². The summed E-state index contributed by atoms with van der Waals surface area (Å²) in [6.07, 6.45) is 6.00. The molecule has 1 saturated heterocycles. The molecule has 0 unspecified atom stereocenters. The Morgan fingerprint density at radius 2 is 2.00 bits per heavy atom. The highest BCUT2D eigenvalue weighted by molar-refractivity contribution is 7.93. The average Bonchev–Trinajstić information content (AvgIpc) is 2.89. The van der Waals surface area contributed by atoms with E-state index < -0.39 is 10.0 Å². The van der Waals surface area contributed by atoms with E-state index in [2.05, 4.69) is 19.2 Å². The molecule has 1 aliphatic heterocycles. The van der Waals surface area contributed by atoms with E-state index in [1.807, 2.05) is 12.1 Å². The third-order valence-corrected chi connectivity index (χ3v) is 5.83. The molecule has 0 saturated carbocycles. The molecule has 1 amide bonds. The maximum Gasteiger partial charge on any atom is 0.243 e. The monoisotopic (exact) mass is 350 g/mol. The number of carbonyl (C=O) groups excluding carboxylic acids is 1. The largest absolute Gasteiger partial charge is 0.353 e. The summed E-state index contributed by atoms with van der Waals surface area (Å²) in [6.45, 7) is 5.56. The number of nitrogens with zero attached hydrogens (tertiary/aromatic N) is 1. The molecule has 0 radical (unpaired) electrons. The molecule has 132 valence electrons. The Kier molecular flexibility index (Phi) is 6.43. The minimum Gasteiger partial charge on any atom is -0.353 e. The number of amides is 1. The van der Waals surface area contributed by atoms with Crippen molar-refractivity contribution in [3.8, 4) is 0 Å². The van der Waals surface area contributed by atoms with Crippen molar-refractivity contribution in [1.82, 2.24) is 5.32 Å². The van der Waals surface area contributed by atoms with Crippen molar-refractivity contribution in [2.45, 2.75) is 33.1 Å². The predicted octanol–water partition coefficient (Wildman–Crippen LogP) is 2.79. The molecule has 0 aliphatic carbocycles. The summed E-state index contributed by atoms with van der Waals surface area (Å²) in [6, 6.07) is 7.21. The van der Waals surface area contributed by atoms with Crippen LogP contribution in [0.1, 0.15) is 38.7 Å². The zero-order chi connectivity index (χ0) is 17.6. The maximum atomic E-state index is 11.9. The van der Waals surface area contributed by atoms with Gasteiger partial charge in [0.2, 0.25) is 15.9 Å². The van der Waals surface area contributed by atoms with Crippen LogP contribution in [0.5, 0.6) is 0 Å². The van der Waals surface area contributed by atoms with E-state index in [4.69, 9.17) is 0 Å². The maximum absolute atomic E-state index is 11.9. The van der Waals surface area contributed by atoms with Gasteiger partial charge in [0.25, 0.3) is 0 Å². The average molecular weight is 350 g/mol. The van der Waals surface area contributed by atoms with E-state index in [0.29, 0.717) is 31.1 Å². The fraction of sp³-hybridized carbons (Fsp3) is 0.500. The number of benzene rings is 1. The highest BCUT2D eigenvalue weighted by Crippen LogP contribution is 2.24. The van der Waals surface area contributed by atoms with Crippen molar-refractivity contribution < 1.29 is 13.2 Å². The van der Waals surface area contributed by atoms with E-state index in [0.717, 1.165) is 18.4 Å². The molecule has 0 atom stereocenters. The van der Waals surface area contributed by atoms with E-state index in [1.165, 1.54) is 10.4 Å². The molecular weight excluding hydrogens is 324 g/mol. The summed E-state index contributed by atoms with van der Waals surface area (Å²) in [7, 11) is -3.15. The number of nitrogens with one attached hydrogen (secondary N) is 1. The molecule has 6 heteroatoms. The van der Waals surface area contributed by atoms with Gasteiger partial charge in [0.15, 0.2) is 0 Å². The minimum atomic E-state index is -3.15. The number of hydrogen-bond donors (Lipinski definition) is 1. The molecule has 0 spiro atoms. The van der Waals surface area contributed by atoms with Crippen molar-refractivity contribution in [2.75, 3.05) is 23.1 Å². The van der Waals surface area contributed by atoms with Crippen LogP contribution in [-0.4, -0.2) is 33.2 Å². The predicted molar refractivity (Wildman–Crippen MR) is 98.3 cm³/mol. The Hall–Kier alpha value is -1.82. The standard InChI is InChI=1S/C18H26N2O3S/c1-15(2)5-3-12-19-18(21)11-8-16-6-9-17(10-7-16)20-13-4-14-24(20,22)23/h6-11,15H,3-5,12-14H2,1-2H3,(H,19,21)/b11-8+. The lowest BCUT2D eigenvalue weighted by molar-refractivity contribution is -0.116. The van der Waals surface area contributed by atoms with E-state index >= 15 is 0 Å². The summed E-state index contributed by atoms with van der Waals surface area (Å²) in [5.74, 6) is 0.756. The van der Waals surface area contributed by atoms with Crippen molar-refractivity contribution in [3.05, 3.63) is 35.9 Å². The summed E-state index contributed by atoms with van der Waals surface area (Å²) in [5, 5.41) is 2.86. The number of carbonyl (C=O) groups is 1. The van der Waals surface area contributed by atoms with Crippen LogP contribution < -0.4 is 9.62 Å². The first-order chi connectivity index (χ1) is 11.4. The molecular formula is C18H26N2O3S. The van der Waals surface area contributed by atoms with E-state index in [1.54, 1.807) is 18.2 Å². The third-order valence-electron chi connectivity index (χ3n) is 3.96. The van der Waals surface area contributed by atoms with Crippen LogP contribution in [0.15, 0.2) is 30.3 Å². The molecule has 1 N–H and O–H groups in total. The molecule has 1 heterocycles. The quantitative estimate of drug-likeness (QED) is 0.607. The first kappa shape index (κ1) is 18.5. The second-order valence-corrected chi connectivity index (χ2v) is 8.51. The molecule has 2 rings (SSSR count). The van der Waals surface area contributed by atoms with Gasteiger partial charge in [-0.15, -0.1) is 0 Å². The molecule has 5 nitrogen and oxygen atoms in total. The summed E-state index contributed by atoms with van der Waals surface area (Å²) < 4.78 is 25.2. The molecule has 0 aromatic heterocycles. The van der Waals surface area contributed by atoms with Gasteiger partial charge in [0.05, 0.1) is 11.4 Å². The lowest BCUT2D eigenvalue weighted by Gasteiger charge is -2.16. The zero-order valence-corrected chi connectivity index (χ0v) is 15.2. The molecule has 0 bridgehead atoms. The lowest BCUT2D eigenvalue weighted by Crippen LogP contribution is -2.24. The van der Waals surface area contributed by atoms with Crippen LogP contribution in [0.3, 0.4) is 0 Å². The summed E-state index contributed by atoms with van der Waals surface area (Å²) in [5.41, 5.74) is 1.55. The van der Waals surface area contributed by atoms with Crippen LogP contribution in [0.2, 0.25) is 0 Å². The second kappa shape index (κ2) is 8.33. The van der Waals surface area contributed by atoms with Gasteiger partial charge in [-0.25, -0.2) is 8.42 Å². The fourth-order valence-electron chi connectivity index (χ4n) is 2.63. The van der Waals surface area contributed by atoms with Crippen LogP contribution in [-0.2, 0) is 14.8 Å². The molecule has 1 aliphatic rings. The topological polar surface area (TPSA) is 66.5 Å². The highest BCUT2D eigenvalue weighted by Gasteiger charge is 2.28. The molecule has 1 aromatic rings. The van der Waals surface area contributed by atoms with Gasteiger partial charge in [-0.3, -0.25) is 9.10 Å². The van der Waals surface area contributed by atoms with Crippen LogP contribution in [0.25, 0.3) is 6.08 Å². The van der Waals surface area contributed by atoms with Gasteiger partial charge >= 0.3 is 0 Å². The van der Waals surface area contributed by atoms with Gasteiger partial charge in [0, 0.05) is 19.2 Å². The zero-order valence-electron chi connectivity index (χ0n) is 14.4. The highest BCUT2D eigenvalue weighted by atomic mass is 32.2. The summed E-state index contributed by atoms with van der Waals surface area (Å²) >= 11 is 0. The van der Waals surface area contributed by atoms with Crippen molar-refractivity contribution in [1.29, 1.82) is 0 Å². The van der Waals surface area contributed by atoms with Crippen LogP contribution in [0, 0.1) is 5.92 Å². The summed E-state index contributed by atoms with van der Waals surface area (Å²) in [4.78, 5) is 11.7. The lowest BCUT2D eigenvalue weighted by atomic mass is 10.1. The molecule has 1 aromatic carbocycles. The minimum absolute atomic E-state index is 0.107. The third kappa shape index (κ3) is 5.37. The van der Waals surface area contributed by atoms with Gasteiger partial charge in [-0.1, -0.05) is 26.0 Å². The Morgan fingerprint density at radius 1 is 1.29 bits per heavy atom. The molecule has 1 fully saturated rings. The van der Waals surface area contributed by atoms with Gasteiger partial charge < -0.3 is 5.32 Å². The second-order valence-electron chi connectivity index (χ2n) is 6.49. The van der Waals surface area contributed by atoms with Crippen LogP contribution >= 0.6 is 0 Å². The first-order valence-electron chi connectivity index (χ1n) is 8.45. The first-order valence-corrected chi connectivity index (χ1v) is 10.1. The number of sulfonamides is 1. The Morgan fingerprint density at radius 3 is 2.58 bits per heavy atom. The van der Waals surface area contributed by atoms with Crippen molar-refractivity contribution >= 4 is 27.7 Å².